The average Bonchev–Trinajstić information content (AvgIpc) is 3.16. The zero-order valence-electron chi connectivity index (χ0n) is 31.7. The van der Waals surface area contributed by atoms with Gasteiger partial charge in [-0.15, -0.1) is 0 Å². The molecule has 0 bridgehead atoms. The van der Waals surface area contributed by atoms with E-state index in [9.17, 15) is 0 Å². The molecule has 4 N–H and O–H groups in total. The molecule has 0 spiro atoms. The van der Waals surface area contributed by atoms with Gasteiger partial charge in [0.25, 0.3) is 0 Å². The van der Waals surface area contributed by atoms with Crippen LogP contribution >= 0.6 is 0 Å². The van der Waals surface area contributed by atoms with Crippen LogP contribution in [0.4, 0.5) is 0 Å². The molecule has 0 amide bonds. The summed E-state index contributed by atoms with van der Waals surface area (Å²) >= 11 is 0. The Morgan fingerprint density at radius 1 is 0.135 bits per heavy atom. The molecule has 0 heterocycles. The second-order valence-corrected chi connectivity index (χ2v) is 10.4. The van der Waals surface area contributed by atoms with Crippen LogP contribution in [0.5, 0.6) is 0 Å². The lowest BCUT2D eigenvalue weighted by Gasteiger charge is -2.09. The third kappa shape index (κ3) is 49.3. The fourth-order valence-electron chi connectivity index (χ4n) is 3.57. The number of rotatable bonds is 49. The number of hydrogen-bond acceptors (Lipinski definition) is 18. The van der Waals surface area contributed by atoms with E-state index in [0.717, 1.165) is 0 Å². The van der Waals surface area contributed by atoms with Crippen LogP contribution < -0.4 is 11.5 Å². The Hall–Kier alpha value is -0.720. The largest absolute Gasteiger partial charge is 0.378 e. The molecule has 0 aromatic heterocycles. The van der Waals surface area contributed by atoms with Crippen molar-refractivity contribution in [2.75, 3.05) is 225 Å². The van der Waals surface area contributed by atoms with E-state index in [1.54, 1.807) is 0 Å². The smallest absolute Gasteiger partial charge is 0.0701 e. The normalized spacial score (nSPS) is 11.7. The summed E-state index contributed by atoms with van der Waals surface area (Å²) < 4.78 is 86.8. The summed E-state index contributed by atoms with van der Waals surface area (Å²) in [4.78, 5) is 0. The molecule has 0 aliphatic rings. The molecule has 0 fully saturated rings. The van der Waals surface area contributed by atoms with Crippen LogP contribution in [0.1, 0.15) is 0 Å². The minimum atomic E-state index is 0.500. The number of hydrogen-bond donors (Lipinski definition) is 2. The van der Waals surface area contributed by atoms with Crippen molar-refractivity contribution >= 4 is 0 Å². The number of nitrogens with two attached hydrogens (primary N) is 2. The van der Waals surface area contributed by atoms with Crippen LogP contribution in [0.15, 0.2) is 0 Å². The SMILES string of the molecule is NCCOCCOCCOCCOCCOCCOCCOCCOCCOCCOCCOCCOCCOCCOCCOCCOCCN. The van der Waals surface area contributed by atoms with Crippen LogP contribution in [-0.2, 0) is 75.8 Å². The first-order chi connectivity index (χ1) is 25.9. The predicted octanol–water partition coefficient (Wildman–Crippen LogP) is -0.831. The highest BCUT2D eigenvalue weighted by Crippen LogP contribution is 1.88. The van der Waals surface area contributed by atoms with E-state index in [2.05, 4.69) is 0 Å². The Balaban J connectivity index is 3.04. The average molecular weight is 765 g/mol. The minimum Gasteiger partial charge on any atom is -0.378 e. The maximum atomic E-state index is 5.49. The summed E-state index contributed by atoms with van der Waals surface area (Å²) in [5.41, 5.74) is 10.7. The van der Waals surface area contributed by atoms with E-state index < -0.39 is 0 Å². The van der Waals surface area contributed by atoms with Gasteiger partial charge in [0.2, 0.25) is 0 Å². The lowest BCUT2D eigenvalue weighted by Crippen LogP contribution is -2.16. The summed E-state index contributed by atoms with van der Waals surface area (Å²) in [5.74, 6) is 0. The quantitative estimate of drug-likeness (QED) is 0.0727. The minimum absolute atomic E-state index is 0.500. The van der Waals surface area contributed by atoms with Crippen molar-refractivity contribution in [1.82, 2.24) is 0 Å². The van der Waals surface area contributed by atoms with Crippen LogP contribution in [0.3, 0.4) is 0 Å². The van der Waals surface area contributed by atoms with E-state index >= 15 is 0 Å². The summed E-state index contributed by atoms with van der Waals surface area (Å²) in [6.45, 7) is 17.6. The van der Waals surface area contributed by atoms with Crippen LogP contribution in [0.2, 0.25) is 0 Å². The van der Waals surface area contributed by atoms with Gasteiger partial charge in [0.15, 0.2) is 0 Å². The zero-order chi connectivity index (χ0) is 37.4. The number of ether oxygens (including phenoxy) is 16. The highest BCUT2D eigenvalue weighted by atomic mass is 16.6. The maximum Gasteiger partial charge on any atom is 0.0701 e. The van der Waals surface area contributed by atoms with Gasteiger partial charge in [-0.3, -0.25) is 0 Å². The highest BCUT2D eigenvalue weighted by molar-refractivity contribution is 4.41. The standard InChI is InChI=1S/C34H72N2O16/c35-1-3-37-5-7-39-9-11-41-13-15-43-17-19-45-21-23-47-25-27-49-29-31-51-33-34-52-32-30-50-28-26-48-24-22-46-20-18-44-16-14-42-12-10-40-8-6-38-4-2-36/h1-36H2. The third-order valence-corrected chi connectivity index (χ3v) is 6.10. The van der Waals surface area contributed by atoms with E-state index in [1.165, 1.54) is 0 Å². The molecule has 0 rings (SSSR count). The summed E-state index contributed by atoms with van der Waals surface area (Å²) in [6, 6.07) is 0. The second kappa shape index (κ2) is 50.3. The molecule has 52 heavy (non-hydrogen) atoms. The summed E-state index contributed by atoms with van der Waals surface area (Å²) in [5, 5.41) is 0. The second-order valence-electron chi connectivity index (χ2n) is 10.4. The molecule has 0 radical (unpaired) electrons. The molecular weight excluding hydrogens is 692 g/mol. The molecule has 0 aliphatic heterocycles. The van der Waals surface area contributed by atoms with Gasteiger partial charge in [0.05, 0.1) is 211 Å². The Morgan fingerprint density at radius 2 is 0.212 bits per heavy atom. The molecule has 18 heteroatoms. The van der Waals surface area contributed by atoms with E-state index in [0.29, 0.717) is 225 Å². The Bertz CT molecular complexity index is 572. The summed E-state index contributed by atoms with van der Waals surface area (Å²) in [6.07, 6.45) is 0. The van der Waals surface area contributed by atoms with Crippen molar-refractivity contribution in [2.24, 2.45) is 11.5 Å². The van der Waals surface area contributed by atoms with Crippen molar-refractivity contribution in [2.45, 2.75) is 0 Å². The molecule has 0 atom stereocenters. The van der Waals surface area contributed by atoms with Gasteiger partial charge in [-0.05, 0) is 0 Å². The van der Waals surface area contributed by atoms with Gasteiger partial charge in [-0.25, -0.2) is 0 Å². The van der Waals surface area contributed by atoms with Gasteiger partial charge >= 0.3 is 0 Å². The van der Waals surface area contributed by atoms with E-state index in [4.69, 9.17) is 87.3 Å². The molecule has 0 saturated heterocycles. The molecule has 314 valence electrons. The van der Waals surface area contributed by atoms with Gasteiger partial charge in [0.1, 0.15) is 0 Å². The molecule has 0 saturated carbocycles. The Morgan fingerprint density at radius 3 is 0.288 bits per heavy atom. The first-order valence-corrected chi connectivity index (χ1v) is 18.6. The highest BCUT2D eigenvalue weighted by Gasteiger charge is 1.98. The van der Waals surface area contributed by atoms with Crippen molar-refractivity contribution in [3.8, 4) is 0 Å². The van der Waals surface area contributed by atoms with E-state index in [1.807, 2.05) is 0 Å². The molecule has 0 unspecified atom stereocenters. The Labute approximate surface area is 311 Å². The fraction of sp³-hybridized carbons (Fsp3) is 1.00. The first-order valence-electron chi connectivity index (χ1n) is 18.6. The van der Waals surface area contributed by atoms with Crippen molar-refractivity contribution in [1.29, 1.82) is 0 Å². The van der Waals surface area contributed by atoms with E-state index in [-0.39, 0.29) is 0 Å². The topological polar surface area (TPSA) is 200 Å². The van der Waals surface area contributed by atoms with Crippen molar-refractivity contribution in [3.63, 3.8) is 0 Å². The van der Waals surface area contributed by atoms with Gasteiger partial charge in [0, 0.05) is 13.1 Å². The van der Waals surface area contributed by atoms with Crippen LogP contribution in [0, 0.1) is 0 Å². The van der Waals surface area contributed by atoms with Crippen LogP contribution in [0.25, 0.3) is 0 Å². The lowest BCUT2D eigenvalue weighted by atomic mass is 10.6. The monoisotopic (exact) mass is 764 g/mol. The molecule has 0 aromatic carbocycles. The molecular formula is C34H72N2O16. The van der Waals surface area contributed by atoms with Gasteiger partial charge in [-0.1, -0.05) is 0 Å². The lowest BCUT2D eigenvalue weighted by molar-refractivity contribution is -0.0303. The van der Waals surface area contributed by atoms with Gasteiger partial charge in [-0.2, -0.15) is 0 Å². The zero-order valence-corrected chi connectivity index (χ0v) is 31.7. The Kier molecular flexibility index (Phi) is 49.6. The van der Waals surface area contributed by atoms with Crippen molar-refractivity contribution in [3.05, 3.63) is 0 Å². The third-order valence-electron chi connectivity index (χ3n) is 6.10. The maximum absolute atomic E-state index is 5.49. The summed E-state index contributed by atoms with van der Waals surface area (Å²) in [7, 11) is 0. The van der Waals surface area contributed by atoms with Crippen molar-refractivity contribution < 1.29 is 75.8 Å². The molecule has 0 aromatic rings. The molecule has 0 aliphatic carbocycles. The predicted molar refractivity (Wildman–Crippen MR) is 191 cm³/mol. The first kappa shape index (κ1) is 51.3. The van der Waals surface area contributed by atoms with Gasteiger partial charge < -0.3 is 87.3 Å². The van der Waals surface area contributed by atoms with Crippen LogP contribution in [-0.4, -0.2) is 225 Å². The molecule has 18 nitrogen and oxygen atoms in total. The fourth-order valence-corrected chi connectivity index (χ4v) is 3.57.